The van der Waals surface area contributed by atoms with Crippen molar-refractivity contribution < 1.29 is 19.7 Å². The van der Waals surface area contributed by atoms with Crippen LogP contribution in [-0.2, 0) is 0 Å². The predicted molar refractivity (Wildman–Crippen MR) is 82.2 cm³/mol. The van der Waals surface area contributed by atoms with Gasteiger partial charge in [0.2, 0.25) is 0 Å². The summed E-state index contributed by atoms with van der Waals surface area (Å²) in [4.78, 5) is 13.2. The number of amides is 1. The van der Waals surface area contributed by atoms with Gasteiger partial charge in [0.05, 0.1) is 7.11 Å². The minimum Gasteiger partial charge on any atom is -0.497 e. The maximum Gasteiger partial charge on any atom is 0.407 e. The van der Waals surface area contributed by atoms with Gasteiger partial charge in [-0.25, -0.2) is 4.79 Å². The van der Waals surface area contributed by atoms with E-state index in [1.807, 2.05) is 24.3 Å². The molecule has 22 heavy (non-hydrogen) atoms. The van der Waals surface area contributed by atoms with Gasteiger partial charge in [0, 0.05) is 18.7 Å². The molecule has 4 unspecified atom stereocenters. The Morgan fingerprint density at radius 1 is 1.23 bits per heavy atom. The summed E-state index contributed by atoms with van der Waals surface area (Å²) in [6.45, 7) is 0.105. The van der Waals surface area contributed by atoms with E-state index in [-0.39, 0.29) is 30.5 Å². The molecule has 5 nitrogen and oxygen atoms in total. The summed E-state index contributed by atoms with van der Waals surface area (Å²) >= 11 is 0. The van der Waals surface area contributed by atoms with Crippen molar-refractivity contribution in [2.45, 2.75) is 43.7 Å². The molecule has 0 aromatic heterocycles. The van der Waals surface area contributed by atoms with Gasteiger partial charge >= 0.3 is 6.09 Å². The molecule has 2 N–H and O–H groups in total. The van der Waals surface area contributed by atoms with Crippen molar-refractivity contribution in [2.75, 3.05) is 13.7 Å². The highest BCUT2D eigenvalue weighted by molar-refractivity contribution is 5.66. The number of rotatable bonds is 3. The SMILES string of the molecule is COc1ccc(C2CC3CCC(CC2CO)N3C(=O)O)cc1. The summed E-state index contributed by atoms with van der Waals surface area (Å²) in [5, 5.41) is 19.3. The predicted octanol–water partition coefficient (Wildman–Crippen LogP) is 2.69. The first-order chi connectivity index (χ1) is 10.6. The molecule has 3 rings (SSSR count). The number of carboxylic acid groups (broad SMARTS) is 1. The van der Waals surface area contributed by atoms with Crippen LogP contribution in [0.25, 0.3) is 0 Å². The van der Waals surface area contributed by atoms with Gasteiger partial charge in [0.15, 0.2) is 0 Å². The highest BCUT2D eigenvalue weighted by Gasteiger charge is 2.44. The fourth-order valence-corrected chi connectivity index (χ4v) is 4.20. The van der Waals surface area contributed by atoms with E-state index >= 15 is 0 Å². The molecule has 2 saturated heterocycles. The molecule has 0 radical (unpaired) electrons. The Hall–Kier alpha value is -1.75. The molecule has 2 heterocycles. The summed E-state index contributed by atoms with van der Waals surface area (Å²) in [5.41, 5.74) is 1.16. The molecule has 0 saturated carbocycles. The van der Waals surface area contributed by atoms with Crippen LogP contribution in [0, 0.1) is 5.92 Å². The zero-order chi connectivity index (χ0) is 15.7. The molecule has 1 aromatic carbocycles. The summed E-state index contributed by atoms with van der Waals surface area (Å²) in [7, 11) is 1.64. The number of methoxy groups -OCH3 is 1. The molecule has 1 aromatic rings. The van der Waals surface area contributed by atoms with E-state index in [9.17, 15) is 15.0 Å². The molecule has 4 atom stereocenters. The second-order valence-corrected chi connectivity index (χ2v) is 6.37. The fraction of sp³-hybridized carbons (Fsp3) is 0.588. The molecule has 2 aliphatic rings. The Balaban J connectivity index is 1.87. The van der Waals surface area contributed by atoms with Crippen LogP contribution in [0.2, 0.25) is 0 Å². The van der Waals surface area contributed by atoms with Crippen LogP contribution in [-0.4, -0.2) is 47.0 Å². The number of benzene rings is 1. The number of hydrogen-bond acceptors (Lipinski definition) is 3. The highest BCUT2D eigenvalue weighted by Crippen LogP contribution is 2.44. The number of fused-ring (bicyclic) bond motifs is 2. The zero-order valence-corrected chi connectivity index (χ0v) is 12.8. The zero-order valence-electron chi connectivity index (χ0n) is 12.8. The van der Waals surface area contributed by atoms with Gasteiger partial charge in [0.1, 0.15) is 5.75 Å². The Labute approximate surface area is 130 Å². The van der Waals surface area contributed by atoms with Crippen LogP contribution >= 0.6 is 0 Å². The number of nitrogens with zero attached hydrogens (tertiary/aromatic N) is 1. The molecule has 0 aliphatic carbocycles. The molecule has 120 valence electrons. The number of aliphatic hydroxyl groups is 1. The van der Waals surface area contributed by atoms with E-state index in [2.05, 4.69) is 0 Å². The van der Waals surface area contributed by atoms with Gasteiger partial charge in [0.25, 0.3) is 0 Å². The number of ether oxygens (including phenoxy) is 1. The monoisotopic (exact) mass is 305 g/mol. The fourth-order valence-electron chi connectivity index (χ4n) is 4.20. The molecule has 1 amide bonds. The number of carbonyl (C=O) groups is 1. The smallest absolute Gasteiger partial charge is 0.407 e. The quantitative estimate of drug-likeness (QED) is 0.901. The highest BCUT2D eigenvalue weighted by atomic mass is 16.5. The minimum absolute atomic E-state index is 0.0582. The van der Waals surface area contributed by atoms with E-state index < -0.39 is 6.09 Å². The summed E-state index contributed by atoms with van der Waals surface area (Å²) in [6.07, 6.45) is 2.57. The molecule has 2 aliphatic heterocycles. The first-order valence-corrected chi connectivity index (χ1v) is 7.90. The van der Waals surface area contributed by atoms with Crippen LogP contribution in [0.5, 0.6) is 5.75 Å². The third-order valence-electron chi connectivity index (χ3n) is 5.29. The third-order valence-corrected chi connectivity index (χ3v) is 5.29. The van der Waals surface area contributed by atoms with Gasteiger partial charge in [-0.1, -0.05) is 12.1 Å². The van der Waals surface area contributed by atoms with Gasteiger partial charge < -0.3 is 19.8 Å². The maximum atomic E-state index is 11.5. The van der Waals surface area contributed by atoms with Crippen LogP contribution < -0.4 is 4.74 Å². The normalized spacial score (nSPS) is 30.9. The van der Waals surface area contributed by atoms with E-state index in [4.69, 9.17) is 4.74 Å². The van der Waals surface area contributed by atoms with Crippen molar-refractivity contribution >= 4 is 6.09 Å². The van der Waals surface area contributed by atoms with Crippen LogP contribution in [0.4, 0.5) is 4.79 Å². The average Bonchev–Trinajstić information content (AvgIpc) is 2.83. The van der Waals surface area contributed by atoms with E-state index in [0.29, 0.717) is 0 Å². The second kappa shape index (κ2) is 6.16. The summed E-state index contributed by atoms with van der Waals surface area (Å²) in [5.74, 6) is 1.13. The lowest BCUT2D eigenvalue weighted by molar-refractivity contribution is 0.120. The van der Waals surface area contributed by atoms with E-state index in [0.717, 1.165) is 37.0 Å². The summed E-state index contributed by atoms with van der Waals surface area (Å²) in [6, 6.07) is 8.07. The number of aliphatic hydroxyl groups excluding tert-OH is 1. The lowest BCUT2D eigenvalue weighted by Gasteiger charge is -2.27. The van der Waals surface area contributed by atoms with Gasteiger partial charge in [-0.2, -0.15) is 0 Å². The van der Waals surface area contributed by atoms with Crippen LogP contribution in [0.1, 0.15) is 37.2 Å². The first-order valence-electron chi connectivity index (χ1n) is 7.90. The molecular weight excluding hydrogens is 282 g/mol. The molecule has 2 bridgehead atoms. The van der Waals surface area contributed by atoms with Gasteiger partial charge in [-0.15, -0.1) is 0 Å². The molecule has 2 fully saturated rings. The Bertz CT molecular complexity index is 530. The van der Waals surface area contributed by atoms with Gasteiger partial charge in [-0.05, 0) is 55.2 Å². The third kappa shape index (κ3) is 2.65. The van der Waals surface area contributed by atoms with E-state index in [1.54, 1.807) is 12.0 Å². The Morgan fingerprint density at radius 2 is 1.86 bits per heavy atom. The average molecular weight is 305 g/mol. The molecular formula is C17H23NO4. The topological polar surface area (TPSA) is 70.0 Å². The van der Waals surface area contributed by atoms with Gasteiger partial charge in [-0.3, -0.25) is 0 Å². The first kappa shape index (κ1) is 15.2. The van der Waals surface area contributed by atoms with Crippen molar-refractivity contribution in [1.29, 1.82) is 0 Å². The van der Waals surface area contributed by atoms with Crippen LogP contribution in [0.15, 0.2) is 24.3 Å². The van der Waals surface area contributed by atoms with Crippen molar-refractivity contribution in [3.8, 4) is 5.75 Å². The van der Waals surface area contributed by atoms with Crippen molar-refractivity contribution in [2.24, 2.45) is 5.92 Å². The molecule has 5 heteroatoms. The lowest BCUT2D eigenvalue weighted by Crippen LogP contribution is -2.39. The number of hydrogen-bond donors (Lipinski definition) is 2. The lowest BCUT2D eigenvalue weighted by atomic mass is 9.78. The summed E-state index contributed by atoms with van der Waals surface area (Å²) < 4.78 is 5.20. The van der Waals surface area contributed by atoms with Crippen LogP contribution in [0.3, 0.4) is 0 Å². The Kier molecular flexibility index (Phi) is 4.25. The maximum absolute atomic E-state index is 11.5. The Morgan fingerprint density at radius 3 is 2.41 bits per heavy atom. The van der Waals surface area contributed by atoms with Crippen molar-refractivity contribution in [3.05, 3.63) is 29.8 Å². The largest absolute Gasteiger partial charge is 0.497 e. The molecule has 0 spiro atoms. The second-order valence-electron chi connectivity index (χ2n) is 6.37. The minimum atomic E-state index is -0.820. The van der Waals surface area contributed by atoms with Crippen molar-refractivity contribution in [3.63, 3.8) is 0 Å². The van der Waals surface area contributed by atoms with E-state index in [1.165, 1.54) is 0 Å². The van der Waals surface area contributed by atoms with Crippen molar-refractivity contribution in [1.82, 2.24) is 4.90 Å². The standard InChI is InChI=1S/C17H23NO4/c1-22-15-6-2-11(3-7-15)16-9-14-5-4-13(8-12(16)10-19)18(14)17(20)21/h2-3,6-7,12-14,16,19H,4-5,8-10H2,1H3,(H,20,21).